The molecule has 1 saturated heterocycles. The number of thioether (sulfide) groups is 1. The standard InChI is InChI=1S/C45H40N6O5S/c52-29-31-17-19-33(20-18-31)42-27-41(30-57-45-48-49-50-51(45)38-13-3-1-4-14-38)55-43(56-42)36-12-8-11-35(26-36)34-10-7-9-32(25-34)28-46-44(53)47-37-21-23-40(24-22-37)54-39-15-5-2-6-16-39/h1-26,41-43,52H,27-30H2,(H2,46,47,53)/t41-,42+,43+/m1/s1. The Bertz CT molecular complexity index is 2380. The third-order valence-electron chi connectivity index (χ3n) is 9.42. The van der Waals surface area contributed by atoms with Gasteiger partial charge in [0.1, 0.15) is 11.5 Å². The summed E-state index contributed by atoms with van der Waals surface area (Å²) in [7, 11) is 0. The monoisotopic (exact) mass is 776 g/mol. The Kier molecular flexibility index (Phi) is 11.9. The first kappa shape index (κ1) is 37.6. The van der Waals surface area contributed by atoms with Crippen molar-refractivity contribution in [3.63, 3.8) is 0 Å². The summed E-state index contributed by atoms with van der Waals surface area (Å²) in [5.41, 5.74) is 7.22. The van der Waals surface area contributed by atoms with Crippen molar-refractivity contribution in [1.29, 1.82) is 0 Å². The van der Waals surface area contributed by atoms with Crippen molar-refractivity contribution in [1.82, 2.24) is 25.5 Å². The van der Waals surface area contributed by atoms with Crippen molar-refractivity contribution in [2.24, 2.45) is 0 Å². The highest BCUT2D eigenvalue weighted by atomic mass is 32.2. The van der Waals surface area contributed by atoms with E-state index in [0.717, 1.165) is 44.8 Å². The van der Waals surface area contributed by atoms with E-state index >= 15 is 0 Å². The normalized spacial score (nSPS) is 16.5. The van der Waals surface area contributed by atoms with Crippen LogP contribution in [0.15, 0.2) is 163 Å². The summed E-state index contributed by atoms with van der Waals surface area (Å²) >= 11 is 1.54. The zero-order valence-corrected chi connectivity index (χ0v) is 31.7. The van der Waals surface area contributed by atoms with Crippen molar-refractivity contribution in [2.75, 3.05) is 11.1 Å². The molecule has 286 valence electrons. The van der Waals surface area contributed by atoms with Crippen molar-refractivity contribution < 1.29 is 24.1 Å². The molecule has 0 saturated carbocycles. The number of nitrogens with one attached hydrogen (secondary N) is 2. The SMILES string of the molecule is O=C(NCc1cccc(-c2cccc([C@H]3O[C@@H](CSc4nnnn4-c4ccccc4)C[C@@H](c4ccc(CO)cc4)O3)c2)c1)Nc1ccc(Oc2ccccc2)cc1. The number of ether oxygens (including phenoxy) is 3. The van der Waals surface area contributed by atoms with Crippen LogP contribution >= 0.6 is 11.8 Å². The van der Waals surface area contributed by atoms with Crippen LogP contribution < -0.4 is 15.4 Å². The van der Waals surface area contributed by atoms with E-state index in [2.05, 4.69) is 44.4 Å². The molecule has 11 nitrogen and oxygen atoms in total. The number of benzene rings is 6. The van der Waals surface area contributed by atoms with E-state index in [-0.39, 0.29) is 24.8 Å². The van der Waals surface area contributed by atoms with Crippen molar-refractivity contribution in [3.8, 4) is 28.3 Å². The number of hydrogen-bond donors (Lipinski definition) is 3. The summed E-state index contributed by atoms with van der Waals surface area (Å²) in [6, 6.07) is 50.4. The van der Waals surface area contributed by atoms with Gasteiger partial charge in [0.25, 0.3) is 0 Å². The Balaban J connectivity index is 0.932. The maximum atomic E-state index is 12.8. The molecular weight excluding hydrogens is 737 g/mol. The molecule has 1 fully saturated rings. The van der Waals surface area contributed by atoms with Crippen LogP contribution in [0.1, 0.15) is 41.1 Å². The fourth-order valence-corrected chi connectivity index (χ4v) is 7.41. The summed E-state index contributed by atoms with van der Waals surface area (Å²) in [5, 5.41) is 28.6. The fraction of sp³-hybridized carbons (Fsp3) is 0.156. The Morgan fingerprint density at radius 2 is 1.47 bits per heavy atom. The molecule has 1 aliphatic rings. The lowest BCUT2D eigenvalue weighted by molar-refractivity contribution is -0.245. The summed E-state index contributed by atoms with van der Waals surface area (Å²) < 4.78 is 20.9. The van der Waals surface area contributed by atoms with Crippen molar-refractivity contribution in [2.45, 2.75) is 43.2 Å². The smallest absolute Gasteiger partial charge is 0.319 e. The van der Waals surface area contributed by atoms with E-state index in [9.17, 15) is 9.90 Å². The second-order valence-corrected chi connectivity index (χ2v) is 14.4. The molecule has 0 bridgehead atoms. The fourth-order valence-electron chi connectivity index (χ4n) is 6.50. The van der Waals surface area contributed by atoms with E-state index in [1.165, 1.54) is 11.8 Å². The molecule has 7 aromatic rings. The van der Waals surface area contributed by atoms with Crippen LogP contribution in [0.4, 0.5) is 10.5 Å². The van der Waals surface area contributed by atoms with E-state index < -0.39 is 6.29 Å². The minimum atomic E-state index is -0.635. The van der Waals surface area contributed by atoms with E-state index in [1.54, 1.807) is 16.8 Å². The first-order chi connectivity index (χ1) is 28.1. The Hall–Kier alpha value is -6.31. The summed E-state index contributed by atoms with van der Waals surface area (Å²) in [6.07, 6.45) is -0.422. The first-order valence-electron chi connectivity index (χ1n) is 18.6. The maximum absolute atomic E-state index is 12.8. The van der Waals surface area contributed by atoms with Gasteiger partial charge in [-0.15, -0.1) is 5.10 Å². The van der Waals surface area contributed by atoms with Gasteiger partial charge < -0.3 is 30.0 Å². The molecule has 0 unspecified atom stereocenters. The first-order valence-corrected chi connectivity index (χ1v) is 19.6. The van der Waals surface area contributed by atoms with Crippen LogP contribution in [0.2, 0.25) is 0 Å². The number of carbonyl (C=O) groups excluding carboxylic acids is 1. The molecule has 1 aliphatic heterocycles. The van der Waals surface area contributed by atoms with Gasteiger partial charge in [0.2, 0.25) is 5.16 Å². The molecule has 8 rings (SSSR count). The number of hydrogen-bond acceptors (Lipinski definition) is 9. The molecule has 6 aromatic carbocycles. The average Bonchev–Trinajstić information content (AvgIpc) is 3.75. The molecule has 3 atom stereocenters. The molecule has 57 heavy (non-hydrogen) atoms. The number of nitrogens with zero attached hydrogens (tertiary/aromatic N) is 4. The Morgan fingerprint density at radius 3 is 2.25 bits per heavy atom. The van der Waals surface area contributed by atoms with Gasteiger partial charge in [0, 0.05) is 30.0 Å². The van der Waals surface area contributed by atoms with Crippen LogP contribution in [0.3, 0.4) is 0 Å². The topological polar surface area (TPSA) is 133 Å². The number of carbonyl (C=O) groups is 1. The Labute approximate surface area is 334 Å². The average molecular weight is 777 g/mol. The van der Waals surface area contributed by atoms with Crippen LogP contribution in [0, 0.1) is 0 Å². The van der Waals surface area contributed by atoms with Gasteiger partial charge in [0.15, 0.2) is 6.29 Å². The highest BCUT2D eigenvalue weighted by Crippen LogP contribution is 2.40. The highest BCUT2D eigenvalue weighted by molar-refractivity contribution is 7.99. The minimum absolute atomic E-state index is 0.0231. The van der Waals surface area contributed by atoms with E-state index in [0.29, 0.717) is 35.3 Å². The van der Waals surface area contributed by atoms with Gasteiger partial charge >= 0.3 is 6.03 Å². The highest BCUT2D eigenvalue weighted by Gasteiger charge is 2.33. The van der Waals surface area contributed by atoms with Crippen molar-refractivity contribution >= 4 is 23.5 Å². The second-order valence-electron chi connectivity index (χ2n) is 13.4. The number of anilines is 1. The largest absolute Gasteiger partial charge is 0.457 e. The van der Waals surface area contributed by atoms with Crippen LogP contribution in [-0.2, 0) is 22.6 Å². The van der Waals surface area contributed by atoms with Crippen molar-refractivity contribution in [3.05, 3.63) is 180 Å². The third kappa shape index (κ3) is 9.74. The summed E-state index contributed by atoms with van der Waals surface area (Å²) in [6.45, 7) is 0.317. The molecule has 0 aliphatic carbocycles. The van der Waals surface area contributed by atoms with Crippen LogP contribution in [0.25, 0.3) is 16.8 Å². The van der Waals surface area contributed by atoms with E-state index in [4.69, 9.17) is 14.2 Å². The van der Waals surface area contributed by atoms with Crippen LogP contribution in [-0.4, -0.2) is 43.2 Å². The van der Waals surface area contributed by atoms with E-state index in [1.807, 2.05) is 127 Å². The molecule has 2 heterocycles. The maximum Gasteiger partial charge on any atom is 0.319 e. The van der Waals surface area contributed by atoms with Gasteiger partial charge in [-0.3, -0.25) is 0 Å². The number of rotatable bonds is 13. The molecule has 0 spiro atoms. The van der Waals surface area contributed by atoms with Gasteiger partial charge in [-0.05, 0) is 98.9 Å². The molecule has 12 heteroatoms. The van der Waals surface area contributed by atoms with Crippen LogP contribution in [0.5, 0.6) is 11.5 Å². The Morgan fingerprint density at radius 1 is 0.754 bits per heavy atom. The van der Waals surface area contributed by atoms with Gasteiger partial charge in [-0.2, -0.15) is 4.68 Å². The van der Waals surface area contributed by atoms with Gasteiger partial charge in [-0.1, -0.05) is 109 Å². The summed E-state index contributed by atoms with van der Waals surface area (Å²) in [4.78, 5) is 12.8. The molecule has 0 radical (unpaired) electrons. The van der Waals surface area contributed by atoms with Gasteiger partial charge in [0.05, 0.1) is 24.5 Å². The number of aliphatic hydroxyl groups is 1. The number of para-hydroxylation sites is 2. The second kappa shape index (κ2) is 18.1. The predicted molar refractivity (Wildman–Crippen MR) is 219 cm³/mol. The molecular formula is C45H40N6O5S. The number of aromatic nitrogens is 4. The number of amides is 2. The quantitative estimate of drug-likeness (QED) is 0.0981. The number of urea groups is 1. The zero-order chi connectivity index (χ0) is 38.8. The third-order valence-corrected chi connectivity index (χ3v) is 10.5. The van der Waals surface area contributed by atoms with Gasteiger partial charge in [-0.25, -0.2) is 4.79 Å². The zero-order valence-electron chi connectivity index (χ0n) is 30.8. The molecule has 2 amide bonds. The summed E-state index contributed by atoms with van der Waals surface area (Å²) in [5.74, 6) is 2.03. The number of aliphatic hydroxyl groups excluding tert-OH is 1. The molecule has 1 aromatic heterocycles. The lowest BCUT2D eigenvalue weighted by Gasteiger charge is -2.36. The molecule has 3 N–H and O–H groups in total. The minimum Gasteiger partial charge on any atom is -0.457 e. The lowest BCUT2D eigenvalue weighted by Crippen LogP contribution is -2.31. The predicted octanol–water partition coefficient (Wildman–Crippen LogP) is 9.27. The lowest BCUT2D eigenvalue weighted by atomic mass is 9.99. The number of tetrazole rings is 1.